The Balaban J connectivity index is 1.07. The van der Waals surface area contributed by atoms with Crippen LogP contribution < -0.4 is 19.6 Å². The zero-order chi connectivity index (χ0) is 33.1. The van der Waals surface area contributed by atoms with Crippen molar-refractivity contribution in [2.24, 2.45) is 0 Å². The van der Waals surface area contributed by atoms with Crippen LogP contribution in [0.2, 0.25) is 0 Å². The molecule has 2 aliphatic heterocycles. The molecule has 0 spiro atoms. The third kappa shape index (κ3) is 3.62. The molecule has 0 radical (unpaired) electrons. The van der Waals surface area contributed by atoms with Crippen LogP contribution in [-0.4, -0.2) is 14.1 Å². The molecule has 238 valence electrons. The summed E-state index contributed by atoms with van der Waals surface area (Å²) in [5.74, 6) is 0. The number of benzene rings is 7. The lowest BCUT2D eigenvalue weighted by Gasteiger charge is -2.38. The third-order valence-electron chi connectivity index (χ3n) is 10.5. The van der Waals surface area contributed by atoms with E-state index in [1.165, 1.54) is 0 Å². The van der Waals surface area contributed by atoms with E-state index in [2.05, 4.69) is 179 Å². The summed E-state index contributed by atoms with van der Waals surface area (Å²) in [6, 6.07) is 51.6. The summed E-state index contributed by atoms with van der Waals surface area (Å²) in [5, 5.41) is 4.18. The Kier molecular flexibility index (Phi) is 5.43. The molecule has 7 aromatic carbocycles. The van der Waals surface area contributed by atoms with Crippen molar-refractivity contribution >= 4 is 101 Å². The predicted octanol–water partition coefficient (Wildman–Crippen LogP) is 12.6. The minimum absolute atomic E-state index is 0.766. The Bertz CT molecular complexity index is 2560. The number of furan rings is 2. The van der Waals surface area contributed by atoms with Crippen LogP contribution in [0.4, 0.5) is 56.9 Å². The van der Waals surface area contributed by atoms with Crippen molar-refractivity contribution in [2.75, 3.05) is 33.7 Å². The summed E-state index contributed by atoms with van der Waals surface area (Å²) in [6.45, 7) is 0. The standard InChI is InChI=1S/C44H30N4O2/c1-45-33-11-3-7-15-37(33)47(38-16-8-4-12-34(38)45)27-19-23-41-31(25-27)29-21-22-30-32-26-28(20-24-42(32)50-44(30)43(29)49-41)48-39-17-9-5-13-35(39)46(2)36-14-6-10-18-40(36)48/h3-26H,1-2H3. The molecule has 0 fully saturated rings. The second kappa shape index (κ2) is 9.94. The van der Waals surface area contributed by atoms with Crippen molar-refractivity contribution in [1.29, 1.82) is 0 Å². The average Bonchev–Trinajstić information content (AvgIpc) is 3.73. The van der Waals surface area contributed by atoms with Crippen molar-refractivity contribution < 1.29 is 8.83 Å². The normalized spacial score (nSPS) is 13.6. The van der Waals surface area contributed by atoms with Crippen LogP contribution in [0.15, 0.2) is 154 Å². The fourth-order valence-corrected chi connectivity index (χ4v) is 8.15. The van der Waals surface area contributed by atoms with E-state index in [0.29, 0.717) is 0 Å². The first-order valence-electron chi connectivity index (χ1n) is 16.9. The van der Waals surface area contributed by atoms with E-state index >= 15 is 0 Å². The molecular weight excluding hydrogens is 617 g/mol. The van der Waals surface area contributed by atoms with Gasteiger partial charge in [0, 0.05) is 47.0 Å². The first-order valence-corrected chi connectivity index (χ1v) is 16.9. The molecule has 6 heteroatoms. The zero-order valence-corrected chi connectivity index (χ0v) is 27.5. The zero-order valence-electron chi connectivity index (χ0n) is 27.5. The number of fused-ring (bicyclic) bond motifs is 11. The number of rotatable bonds is 2. The van der Waals surface area contributed by atoms with E-state index in [4.69, 9.17) is 8.83 Å². The molecule has 0 saturated heterocycles. The fraction of sp³-hybridized carbons (Fsp3) is 0.0455. The predicted molar refractivity (Wildman–Crippen MR) is 206 cm³/mol. The highest BCUT2D eigenvalue weighted by atomic mass is 16.4. The van der Waals surface area contributed by atoms with Gasteiger partial charge in [-0.15, -0.1) is 0 Å². The summed E-state index contributed by atoms with van der Waals surface area (Å²) in [6.07, 6.45) is 0. The Morgan fingerprint density at radius 3 is 1.00 bits per heavy atom. The van der Waals surface area contributed by atoms with E-state index in [-0.39, 0.29) is 0 Å². The second-order valence-corrected chi connectivity index (χ2v) is 13.1. The van der Waals surface area contributed by atoms with Gasteiger partial charge >= 0.3 is 0 Å². The summed E-state index contributed by atoms with van der Waals surface area (Å²) in [7, 11) is 4.26. The van der Waals surface area contributed by atoms with Gasteiger partial charge < -0.3 is 28.4 Å². The van der Waals surface area contributed by atoms with E-state index in [0.717, 1.165) is 101 Å². The first kappa shape index (κ1) is 27.3. The van der Waals surface area contributed by atoms with Crippen LogP contribution in [0, 0.1) is 0 Å². The SMILES string of the molecule is CN1c2ccccc2N(c2ccc3oc4c(ccc5c6cc(N7c8ccccc8N(C)c8ccccc87)ccc6oc54)c3c2)c2ccccc21. The van der Waals surface area contributed by atoms with Gasteiger partial charge in [0.25, 0.3) is 0 Å². The summed E-state index contributed by atoms with van der Waals surface area (Å²) >= 11 is 0. The minimum atomic E-state index is 0.766. The highest BCUT2D eigenvalue weighted by molar-refractivity contribution is 6.20. The van der Waals surface area contributed by atoms with E-state index in [9.17, 15) is 0 Å². The van der Waals surface area contributed by atoms with Crippen molar-refractivity contribution in [1.82, 2.24) is 0 Å². The van der Waals surface area contributed by atoms with Crippen LogP contribution in [0.5, 0.6) is 0 Å². The molecule has 4 heterocycles. The van der Waals surface area contributed by atoms with Gasteiger partial charge in [-0.2, -0.15) is 0 Å². The molecule has 0 atom stereocenters. The topological polar surface area (TPSA) is 39.2 Å². The van der Waals surface area contributed by atoms with Crippen molar-refractivity contribution in [3.63, 3.8) is 0 Å². The highest BCUT2D eigenvalue weighted by Gasteiger charge is 2.29. The smallest absolute Gasteiger partial charge is 0.178 e. The lowest BCUT2D eigenvalue weighted by atomic mass is 10.0. The number of anilines is 10. The molecule has 0 N–H and O–H groups in total. The van der Waals surface area contributed by atoms with Crippen LogP contribution in [0.3, 0.4) is 0 Å². The largest absolute Gasteiger partial charge is 0.452 e. The molecule has 0 unspecified atom stereocenters. The molecule has 11 rings (SSSR count). The number of para-hydroxylation sites is 8. The Labute approximate surface area is 288 Å². The van der Waals surface area contributed by atoms with E-state index < -0.39 is 0 Å². The molecule has 6 nitrogen and oxygen atoms in total. The van der Waals surface area contributed by atoms with Crippen molar-refractivity contribution in [2.45, 2.75) is 0 Å². The van der Waals surface area contributed by atoms with Gasteiger partial charge in [0.1, 0.15) is 11.2 Å². The highest BCUT2D eigenvalue weighted by Crippen LogP contribution is 2.53. The molecule has 0 saturated carbocycles. The third-order valence-corrected chi connectivity index (χ3v) is 10.5. The molecular formula is C44H30N4O2. The van der Waals surface area contributed by atoms with Gasteiger partial charge in [0.15, 0.2) is 11.2 Å². The van der Waals surface area contributed by atoms with Crippen LogP contribution in [0.25, 0.3) is 43.9 Å². The number of hydrogen-bond donors (Lipinski definition) is 0. The van der Waals surface area contributed by atoms with Gasteiger partial charge in [-0.3, -0.25) is 0 Å². The monoisotopic (exact) mass is 646 g/mol. The molecule has 0 bridgehead atoms. The Morgan fingerprint density at radius 1 is 0.340 bits per heavy atom. The lowest BCUT2D eigenvalue weighted by molar-refractivity contribution is 0.633. The molecule has 9 aromatic rings. The van der Waals surface area contributed by atoms with Gasteiger partial charge in [0.2, 0.25) is 0 Å². The quantitative estimate of drug-likeness (QED) is 0.186. The van der Waals surface area contributed by atoms with Crippen molar-refractivity contribution in [3.05, 3.63) is 146 Å². The summed E-state index contributed by atoms with van der Waals surface area (Å²) in [5.41, 5.74) is 14.6. The van der Waals surface area contributed by atoms with E-state index in [1.807, 2.05) is 0 Å². The second-order valence-electron chi connectivity index (χ2n) is 13.1. The van der Waals surface area contributed by atoms with Crippen LogP contribution in [0.1, 0.15) is 0 Å². The number of nitrogens with zero attached hydrogens (tertiary/aromatic N) is 4. The van der Waals surface area contributed by atoms with Gasteiger partial charge in [0.05, 0.1) is 45.5 Å². The summed E-state index contributed by atoms with van der Waals surface area (Å²) in [4.78, 5) is 9.22. The Morgan fingerprint density at radius 2 is 0.660 bits per heavy atom. The average molecular weight is 647 g/mol. The molecule has 2 aliphatic rings. The van der Waals surface area contributed by atoms with Crippen molar-refractivity contribution in [3.8, 4) is 0 Å². The van der Waals surface area contributed by atoms with Crippen LogP contribution >= 0.6 is 0 Å². The van der Waals surface area contributed by atoms with E-state index in [1.54, 1.807) is 0 Å². The minimum Gasteiger partial charge on any atom is -0.452 e. The van der Waals surface area contributed by atoms with Crippen LogP contribution in [-0.2, 0) is 0 Å². The molecule has 0 amide bonds. The van der Waals surface area contributed by atoms with Gasteiger partial charge in [-0.05, 0) is 97.1 Å². The Hall–Kier alpha value is -6.66. The molecule has 50 heavy (non-hydrogen) atoms. The van der Waals surface area contributed by atoms with Gasteiger partial charge in [-0.25, -0.2) is 0 Å². The van der Waals surface area contributed by atoms with Gasteiger partial charge in [-0.1, -0.05) is 48.5 Å². The molecule has 2 aromatic heterocycles. The lowest BCUT2D eigenvalue weighted by Crippen LogP contribution is -2.23. The maximum atomic E-state index is 6.61. The summed E-state index contributed by atoms with van der Waals surface area (Å²) < 4.78 is 13.2. The maximum Gasteiger partial charge on any atom is 0.178 e. The fourth-order valence-electron chi connectivity index (χ4n) is 8.15. The first-order chi connectivity index (χ1) is 24.6. The molecule has 0 aliphatic carbocycles. The number of hydrogen-bond acceptors (Lipinski definition) is 6. The maximum absolute atomic E-state index is 6.61.